The average molecular weight is 534 g/mol. The van der Waals surface area contributed by atoms with Crippen LogP contribution in [0, 0.1) is 0 Å². The zero-order chi connectivity index (χ0) is 26.6. The summed E-state index contributed by atoms with van der Waals surface area (Å²) in [6, 6.07) is 6.22. The van der Waals surface area contributed by atoms with Crippen LogP contribution in [0.1, 0.15) is 25.0 Å². The van der Waals surface area contributed by atoms with Gasteiger partial charge in [-0.15, -0.1) is 0 Å². The SMILES string of the molecule is C/C=C/C1=CC(Nc2cc(N3CCN(CCN(C)C)CC3)nc(Oc3ccc4c(c3Cl)C=C(C)C4)n2)=NC1. The fraction of sp³-hybridized carbons (Fsp3) is 0.414. The summed E-state index contributed by atoms with van der Waals surface area (Å²) in [6.07, 6.45) is 9.17. The predicted octanol–water partition coefficient (Wildman–Crippen LogP) is 4.89. The number of allylic oxidation sites excluding steroid dienone is 2. The Labute approximate surface area is 230 Å². The van der Waals surface area contributed by atoms with Crippen molar-refractivity contribution in [2.45, 2.75) is 20.3 Å². The lowest BCUT2D eigenvalue weighted by Crippen LogP contribution is -2.48. The molecular formula is C29H36ClN7O. The minimum Gasteiger partial charge on any atom is -0.423 e. The normalized spacial score (nSPS) is 17.6. The second-order valence-electron chi connectivity index (χ2n) is 10.3. The molecule has 1 aromatic carbocycles. The molecule has 1 aromatic heterocycles. The van der Waals surface area contributed by atoms with Crippen molar-refractivity contribution in [3.63, 3.8) is 0 Å². The summed E-state index contributed by atoms with van der Waals surface area (Å²) in [5.74, 6) is 2.80. The second kappa shape index (κ2) is 11.7. The lowest BCUT2D eigenvalue weighted by atomic mass is 10.1. The van der Waals surface area contributed by atoms with Gasteiger partial charge in [0, 0.05) is 50.9 Å². The van der Waals surface area contributed by atoms with Crippen LogP contribution in [0.25, 0.3) is 6.08 Å². The van der Waals surface area contributed by atoms with Gasteiger partial charge in [0.15, 0.2) is 0 Å². The number of nitrogens with zero attached hydrogens (tertiary/aromatic N) is 6. The van der Waals surface area contributed by atoms with E-state index in [2.05, 4.69) is 69.2 Å². The van der Waals surface area contributed by atoms with Crippen molar-refractivity contribution < 1.29 is 4.74 Å². The molecule has 9 heteroatoms. The number of ether oxygens (including phenoxy) is 1. The topological polar surface area (TPSA) is 69.1 Å². The van der Waals surface area contributed by atoms with Crippen molar-refractivity contribution in [1.29, 1.82) is 0 Å². The third-order valence-corrected chi connectivity index (χ3v) is 7.33. The van der Waals surface area contributed by atoms with Crippen molar-refractivity contribution in [1.82, 2.24) is 19.8 Å². The maximum Gasteiger partial charge on any atom is 0.325 e. The highest BCUT2D eigenvalue weighted by molar-refractivity contribution is 6.33. The van der Waals surface area contributed by atoms with Gasteiger partial charge in [-0.2, -0.15) is 9.97 Å². The van der Waals surface area contributed by atoms with Crippen molar-refractivity contribution >= 4 is 35.1 Å². The average Bonchev–Trinajstić information content (AvgIpc) is 3.50. The molecule has 0 unspecified atom stereocenters. The van der Waals surface area contributed by atoms with E-state index in [1.807, 2.05) is 31.2 Å². The van der Waals surface area contributed by atoms with Crippen LogP contribution in [0.4, 0.5) is 11.6 Å². The molecule has 0 spiro atoms. The summed E-state index contributed by atoms with van der Waals surface area (Å²) in [7, 11) is 4.23. The van der Waals surface area contributed by atoms with E-state index < -0.39 is 0 Å². The Bertz CT molecular complexity index is 1310. The lowest BCUT2D eigenvalue weighted by molar-refractivity contribution is 0.229. The van der Waals surface area contributed by atoms with E-state index >= 15 is 0 Å². The first kappa shape index (κ1) is 26.4. The van der Waals surface area contributed by atoms with Crippen molar-refractivity contribution in [2.75, 3.05) is 70.1 Å². The number of hydrogen-bond acceptors (Lipinski definition) is 8. The molecule has 0 amide bonds. The number of amidine groups is 1. The zero-order valence-corrected chi connectivity index (χ0v) is 23.4. The van der Waals surface area contributed by atoms with E-state index in [-0.39, 0.29) is 6.01 Å². The van der Waals surface area contributed by atoms with Crippen LogP contribution in [0.15, 0.2) is 52.6 Å². The minimum absolute atomic E-state index is 0.261. The Kier molecular flexibility index (Phi) is 8.12. The van der Waals surface area contributed by atoms with Crippen LogP contribution in [0.3, 0.4) is 0 Å². The Morgan fingerprint density at radius 3 is 2.71 bits per heavy atom. The number of fused-ring (bicyclic) bond motifs is 1. The number of nitrogens with one attached hydrogen (secondary N) is 1. The summed E-state index contributed by atoms with van der Waals surface area (Å²) in [5.41, 5.74) is 4.68. The molecule has 8 nitrogen and oxygen atoms in total. The summed E-state index contributed by atoms with van der Waals surface area (Å²) in [5, 5.41) is 3.96. The van der Waals surface area contributed by atoms with Gasteiger partial charge < -0.3 is 19.9 Å². The Balaban J connectivity index is 1.39. The van der Waals surface area contributed by atoms with Gasteiger partial charge >= 0.3 is 6.01 Å². The van der Waals surface area contributed by atoms with Crippen LogP contribution in [0.5, 0.6) is 11.8 Å². The Morgan fingerprint density at radius 1 is 1.13 bits per heavy atom. The van der Waals surface area contributed by atoms with Crippen LogP contribution >= 0.6 is 11.6 Å². The summed E-state index contributed by atoms with van der Waals surface area (Å²) < 4.78 is 6.22. The monoisotopic (exact) mass is 533 g/mol. The molecular weight excluding hydrogens is 498 g/mol. The molecule has 2 aliphatic heterocycles. The van der Waals surface area contributed by atoms with E-state index in [0.717, 1.165) is 68.5 Å². The van der Waals surface area contributed by atoms with Crippen molar-refractivity contribution in [3.05, 3.63) is 63.7 Å². The molecule has 5 rings (SSSR count). The number of anilines is 2. The molecule has 0 saturated carbocycles. The number of rotatable bonds is 8. The van der Waals surface area contributed by atoms with Gasteiger partial charge in [-0.25, -0.2) is 0 Å². The van der Waals surface area contributed by atoms with Crippen molar-refractivity contribution in [3.8, 4) is 11.8 Å². The van der Waals surface area contributed by atoms with E-state index in [1.54, 1.807) is 0 Å². The fourth-order valence-electron chi connectivity index (χ4n) is 4.89. The highest BCUT2D eigenvalue weighted by atomic mass is 35.5. The number of benzene rings is 1. The van der Waals surface area contributed by atoms with Gasteiger partial charge in [-0.05, 0) is 57.6 Å². The molecule has 0 radical (unpaired) electrons. The van der Waals surface area contributed by atoms with E-state index in [9.17, 15) is 0 Å². The van der Waals surface area contributed by atoms with Crippen LogP contribution in [-0.2, 0) is 6.42 Å². The first-order chi connectivity index (χ1) is 18.4. The second-order valence-corrected chi connectivity index (χ2v) is 10.7. The number of aromatic nitrogens is 2. The maximum atomic E-state index is 6.76. The largest absolute Gasteiger partial charge is 0.423 e. The molecule has 1 saturated heterocycles. The third kappa shape index (κ3) is 6.26. The summed E-state index contributed by atoms with van der Waals surface area (Å²) >= 11 is 6.76. The molecule has 1 aliphatic carbocycles. The van der Waals surface area contributed by atoms with Gasteiger partial charge in [0.1, 0.15) is 23.2 Å². The molecule has 0 bridgehead atoms. The zero-order valence-electron chi connectivity index (χ0n) is 22.7. The number of halogens is 1. The fourth-order valence-corrected chi connectivity index (χ4v) is 5.17. The molecule has 200 valence electrons. The van der Waals surface area contributed by atoms with Crippen molar-refractivity contribution in [2.24, 2.45) is 4.99 Å². The number of likely N-dealkylation sites (N-methyl/N-ethyl adjacent to an activating group) is 1. The van der Waals surface area contributed by atoms with E-state index in [4.69, 9.17) is 21.3 Å². The van der Waals surface area contributed by atoms with Crippen LogP contribution in [-0.4, -0.2) is 85.5 Å². The molecule has 3 heterocycles. The molecule has 3 aliphatic rings. The summed E-state index contributed by atoms with van der Waals surface area (Å²) in [4.78, 5) is 21.1. The minimum atomic E-state index is 0.261. The smallest absolute Gasteiger partial charge is 0.325 e. The Hall–Kier alpha value is -3.20. The molecule has 0 atom stereocenters. The first-order valence-electron chi connectivity index (χ1n) is 13.2. The molecule has 1 N–H and O–H groups in total. The van der Waals surface area contributed by atoms with Gasteiger partial charge in [-0.3, -0.25) is 9.89 Å². The first-order valence-corrected chi connectivity index (χ1v) is 13.6. The number of aliphatic imine (C=N–C) groups is 1. The highest BCUT2D eigenvalue weighted by Crippen LogP contribution is 2.38. The number of piperazine rings is 1. The maximum absolute atomic E-state index is 6.76. The van der Waals surface area contributed by atoms with Gasteiger partial charge in [0.25, 0.3) is 0 Å². The lowest BCUT2D eigenvalue weighted by Gasteiger charge is -2.36. The predicted molar refractivity (Wildman–Crippen MR) is 157 cm³/mol. The van der Waals surface area contributed by atoms with Crippen LogP contribution in [0.2, 0.25) is 5.02 Å². The van der Waals surface area contributed by atoms with Gasteiger partial charge in [0.2, 0.25) is 0 Å². The highest BCUT2D eigenvalue weighted by Gasteiger charge is 2.22. The third-order valence-electron chi connectivity index (χ3n) is 6.94. The summed E-state index contributed by atoms with van der Waals surface area (Å²) in [6.45, 7) is 10.6. The molecule has 38 heavy (non-hydrogen) atoms. The van der Waals surface area contributed by atoms with Gasteiger partial charge in [-0.1, -0.05) is 41.5 Å². The van der Waals surface area contributed by atoms with Crippen LogP contribution < -0.4 is 15.0 Å². The van der Waals surface area contributed by atoms with Gasteiger partial charge in [0.05, 0.1) is 11.6 Å². The molecule has 2 aromatic rings. The Morgan fingerprint density at radius 2 is 1.95 bits per heavy atom. The molecule has 1 fully saturated rings. The van der Waals surface area contributed by atoms with E-state index in [0.29, 0.717) is 23.1 Å². The quantitative estimate of drug-likeness (QED) is 0.518. The standard InChI is InChI=1S/C29H36ClN7O/c1-5-6-21-17-25(31-19-21)32-26-18-27(37-13-11-36(12-14-37)10-9-35(3)4)34-29(33-26)38-24-8-7-22-15-20(2)16-23(22)28(24)30/h5-8,16-18H,9-15,19H2,1-4H3,(H,31,32,33,34)/b6-5+. The van der Waals surface area contributed by atoms with E-state index in [1.165, 1.54) is 11.1 Å². The number of hydrogen-bond donors (Lipinski definition) is 1.